The van der Waals surface area contributed by atoms with Crippen molar-refractivity contribution in [2.75, 3.05) is 0 Å². The summed E-state index contributed by atoms with van der Waals surface area (Å²) in [6.07, 6.45) is 0. The van der Waals surface area contributed by atoms with Crippen LogP contribution in [0.4, 0.5) is 0 Å². The Labute approximate surface area is 79.6 Å². The average molecular weight is 201 g/mol. The number of rotatable bonds is 2. The van der Waals surface area contributed by atoms with Crippen LogP contribution in [-0.4, -0.2) is 55.5 Å². The van der Waals surface area contributed by atoms with Crippen molar-refractivity contribution in [3.8, 4) is 0 Å². The summed E-state index contributed by atoms with van der Waals surface area (Å²) in [7, 11) is -10.2. The minimum absolute atomic E-state index is 0. The van der Waals surface area contributed by atoms with Crippen molar-refractivity contribution in [1.82, 2.24) is 0 Å². The van der Waals surface area contributed by atoms with Gasteiger partial charge in [0.1, 0.15) is 0 Å². The Bertz CT molecular complexity index is 237. The molecule has 0 spiro atoms. The molecular formula is H2NaO7S2. The second-order valence-electron chi connectivity index (χ2n) is 0.924. The summed E-state index contributed by atoms with van der Waals surface area (Å²) >= 11 is 0. The quantitative estimate of drug-likeness (QED) is 0.400. The van der Waals surface area contributed by atoms with E-state index in [4.69, 9.17) is 9.11 Å². The van der Waals surface area contributed by atoms with Gasteiger partial charge < -0.3 is 0 Å². The number of hydrogen-bond acceptors (Lipinski definition) is 5. The monoisotopic (exact) mass is 201 g/mol. The second kappa shape index (κ2) is 3.97. The van der Waals surface area contributed by atoms with Gasteiger partial charge in [0.2, 0.25) is 0 Å². The largest absolute Gasteiger partial charge is 0.413 e. The van der Waals surface area contributed by atoms with Crippen LogP contribution in [0, 0.1) is 0 Å². The third-order valence-corrected chi connectivity index (χ3v) is 1.55. The molecule has 0 aliphatic heterocycles. The molecule has 10 heavy (non-hydrogen) atoms. The van der Waals surface area contributed by atoms with E-state index in [1.165, 1.54) is 0 Å². The van der Waals surface area contributed by atoms with Gasteiger partial charge in [-0.2, -0.15) is 16.8 Å². The molecule has 0 aliphatic carbocycles. The van der Waals surface area contributed by atoms with E-state index in [9.17, 15) is 16.8 Å². The van der Waals surface area contributed by atoms with Gasteiger partial charge in [-0.05, 0) is 0 Å². The van der Waals surface area contributed by atoms with E-state index in [1.807, 2.05) is 0 Å². The number of hydrogen-bond donors (Lipinski definition) is 2. The van der Waals surface area contributed by atoms with Crippen molar-refractivity contribution in [2.45, 2.75) is 0 Å². The van der Waals surface area contributed by atoms with Crippen LogP contribution in [0.25, 0.3) is 0 Å². The summed E-state index contributed by atoms with van der Waals surface area (Å²) in [6.45, 7) is 0. The summed E-state index contributed by atoms with van der Waals surface area (Å²) in [5.74, 6) is 0. The van der Waals surface area contributed by atoms with Gasteiger partial charge in [0.05, 0.1) is 0 Å². The Balaban J connectivity index is 0. The minimum Gasteiger partial charge on any atom is -0.263 e. The van der Waals surface area contributed by atoms with Gasteiger partial charge >= 0.3 is 20.8 Å². The van der Waals surface area contributed by atoms with Crippen LogP contribution in [0.2, 0.25) is 0 Å². The molecule has 0 aromatic rings. The predicted molar refractivity (Wildman–Crippen MR) is 29.9 cm³/mol. The molecule has 2 N–H and O–H groups in total. The molecule has 1 radical (unpaired) electrons. The Morgan fingerprint density at radius 3 is 1.10 bits per heavy atom. The second-order valence-corrected chi connectivity index (χ2v) is 3.18. The van der Waals surface area contributed by atoms with Crippen molar-refractivity contribution < 1.29 is 29.6 Å². The molecule has 0 aromatic carbocycles. The molecule has 0 aromatic heterocycles. The molecule has 57 valence electrons. The Kier molecular flexibility index (Phi) is 5.31. The first-order valence-corrected chi connectivity index (χ1v) is 4.10. The zero-order chi connectivity index (χ0) is 7.71. The van der Waals surface area contributed by atoms with Gasteiger partial charge in [0.25, 0.3) is 0 Å². The van der Waals surface area contributed by atoms with Gasteiger partial charge in [0.15, 0.2) is 0 Å². The van der Waals surface area contributed by atoms with E-state index in [1.54, 1.807) is 0 Å². The summed E-state index contributed by atoms with van der Waals surface area (Å²) < 4.78 is 55.6. The first-order valence-electron chi connectivity index (χ1n) is 1.37. The Morgan fingerprint density at radius 1 is 0.900 bits per heavy atom. The van der Waals surface area contributed by atoms with Crippen LogP contribution < -0.4 is 0 Å². The van der Waals surface area contributed by atoms with Gasteiger partial charge in [-0.3, -0.25) is 9.11 Å². The maximum atomic E-state index is 9.44. The molecule has 0 atom stereocenters. The van der Waals surface area contributed by atoms with Gasteiger partial charge in [-0.15, -0.1) is 3.63 Å². The van der Waals surface area contributed by atoms with Crippen LogP contribution in [0.1, 0.15) is 0 Å². The van der Waals surface area contributed by atoms with Crippen molar-refractivity contribution in [3.63, 3.8) is 0 Å². The molecule has 0 saturated carbocycles. The summed E-state index contributed by atoms with van der Waals surface area (Å²) in [5.41, 5.74) is 0. The van der Waals surface area contributed by atoms with Crippen LogP contribution in [0.15, 0.2) is 0 Å². The van der Waals surface area contributed by atoms with Gasteiger partial charge in [-0.25, -0.2) is 0 Å². The standard InChI is InChI=1S/Na.H2O7S2/c;1-8(2,3)7-9(4,5)6/h;(H,1,2,3)(H,4,5,6). The Hall–Kier alpha value is 0.780. The van der Waals surface area contributed by atoms with Crippen molar-refractivity contribution in [2.24, 2.45) is 0 Å². The molecule has 0 amide bonds. The van der Waals surface area contributed by atoms with Crippen molar-refractivity contribution >= 4 is 50.4 Å². The summed E-state index contributed by atoms with van der Waals surface area (Å²) in [4.78, 5) is 0. The van der Waals surface area contributed by atoms with E-state index in [-0.39, 0.29) is 29.6 Å². The molecule has 0 saturated heterocycles. The molecule has 0 aliphatic rings. The zero-order valence-corrected chi connectivity index (χ0v) is 8.39. The SMILES string of the molecule is O=S(=O)(O)OS(=O)(=O)O.[Na]. The third-order valence-electron chi connectivity index (χ3n) is 0.172. The molecule has 0 fully saturated rings. The summed E-state index contributed by atoms with van der Waals surface area (Å²) in [5, 5.41) is 0. The zero-order valence-electron chi connectivity index (χ0n) is 4.75. The molecule has 7 nitrogen and oxygen atoms in total. The molecule has 0 bridgehead atoms. The van der Waals surface area contributed by atoms with E-state index in [2.05, 4.69) is 3.63 Å². The first kappa shape index (κ1) is 13.4. The van der Waals surface area contributed by atoms with E-state index in [0.29, 0.717) is 0 Å². The predicted octanol–water partition coefficient (Wildman–Crippen LogP) is -1.77. The van der Waals surface area contributed by atoms with Gasteiger partial charge in [0, 0.05) is 29.6 Å². The van der Waals surface area contributed by atoms with Crippen LogP contribution in [0.5, 0.6) is 0 Å². The summed E-state index contributed by atoms with van der Waals surface area (Å²) in [6, 6.07) is 0. The van der Waals surface area contributed by atoms with Crippen molar-refractivity contribution in [1.29, 1.82) is 0 Å². The molecule has 0 rings (SSSR count). The van der Waals surface area contributed by atoms with Crippen LogP contribution >= 0.6 is 0 Å². The van der Waals surface area contributed by atoms with E-state index in [0.717, 1.165) is 0 Å². The maximum Gasteiger partial charge on any atom is 0.413 e. The van der Waals surface area contributed by atoms with Gasteiger partial charge in [-0.1, -0.05) is 0 Å². The smallest absolute Gasteiger partial charge is 0.263 e. The fourth-order valence-corrected chi connectivity index (χ4v) is 0.978. The third kappa shape index (κ3) is 11.6. The van der Waals surface area contributed by atoms with Crippen LogP contribution in [-0.2, 0) is 24.4 Å². The average Bonchev–Trinajstić information content (AvgIpc) is 1.14. The maximum absolute atomic E-state index is 9.44. The van der Waals surface area contributed by atoms with E-state index >= 15 is 0 Å². The molecule has 0 unspecified atom stereocenters. The fraction of sp³-hybridized carbons (Fsp3) is 0. The molecule has 10 heteroatoms. The van der Waals surface area contributed by atoms with Crippen molar-refractivity contribution in [3.05, 3.63) is 0 Å². The molecule has 0 heterocycles. The molecular weight excluding hydrogens is 199 g/mol. The Morgan fingerprint density at radius 2 is 1.10 bits per heavy atom. The normalized spacial score (nSPS) is 12.2. The minimum atomic E-state index is -5.12. The van der Waals surface area contributed by atoms with E-state index < -0.39 is 20.8 Å². The first-order chi connectivity index (χ1) is 3.71. The topological polar surface area (TPSA) is 118 Å². The fourth-order valence-electron chi connectivity index (χ4n) is 0.109. The van der Waals surface area contributed by atoms with Crippen LogP contribution in [0.3, 0.4) is 0 Å².